The zero-order valence-electron chi connectivity index (χ0n) is 18.5. The van der Waals surface area contributed by atoms with E-state index in [2.05, 4.69) is 51.6 Å². The monoisotopic (exact) mass is 432 g/mol. The van der Waals surface area contributed by atoms with Crippen LogP contribution in [0.1, 0.15) is 25.1 Å². The largest absolute Gasteiger partial charge is 0.368 e. The highest BCUT2D eigenvalue weighted by molar-refractivity contribution is 5.98. The lowest BCUT2D eigenvalue weighted by atomic mass is 10.1. The lowest BCUT2D eigenvalue weighted by molar-refractivity contribution is 0.407. The number of piperazine rings is 1. The molecule has 1 aromatic carbocycles. The molecular weight excluding hydrogens is 407 g/mol. The van der Waals surface area contributed by atoms with Crippen LogP contribution in [0, 0.1) is 24.1 Å². The minimum atomic E-state index is -0.423. The van der Waals surface area contributed by atoms with Crippen LogP contribution in [0.5, 0.6) is 0 Å². The molecular formula is C23H25FN8. The molecule has 0 aliphatic carbocycles. The average Bonchev–Trinajstić information content (AvgIpc) is 3.26. The number of hydrogen-bond acceptors (Lipinski definition) is 6. The van der Waals surface area contributed by atoms with Crippen LogP contribution in [0.25, 0.3) is 16.6 Å². The maximum atomic E-state index is 14.5. The summed E-state index contributed by atoms with van der Waals surface area (Å²) in [5, 5.41) is 22.0. The lowest BCUT2D eigenvalue weighted by Gasteiger charge is -2.37. The summed E-state index contributed by atoms with van der Waals surface area (Å²) >= 11 is 0. The van der Waals surface area contributed by atoms with Crippen molar-refractivity contribution in [1.29, 1.82) is 5.26 Å². The first-order valence-electron chi connectivity index (χ1n) is 10.7. The topological polar surface area (TPSA) is 86.2 Å². The number of aryl methyl sites for hydroxylation is 2. The highest BCUT2D eigenvalue weighted by Crippen LogP contribution is 2.33. The quantitative estimate of drug-likeness (QED) is 0.516. The van der Waals surface area contributed by atoms with Crippen LogP contribution in [0.4, 0.5) is 21.6 Å². The maximum absolute atomic E-state index is 14.5. The fourth-order valence-corrected chi connectivity index (χ4v) is 4.65. The van der Waals surface area contributed by atoms with Crippen LogP contribution in [-0.2, 0) is 7.05 Å². The first-order chi connectivity index (χ1) is 15.3. The Morgan fingerprint density at radius 1 is 1.19 bits per heavy atom. The molecule has 1 aliphatic heterocycles. The number of nitrogens with one attached hydrogen (secondary N) is 2. The van der Waals surface area contributed by atoms with Crippen molar-refractivity contribution in [1.82, 2.24) is 24.5 Å². The molecule has 3 aromatic heterocycles. The van der Waals surface area contributed by atoms with Crippen molar-refractivity contribution in [3.05, 3.63) is 47.7 Å². The van der Waals surface area contributed by atoms with E-state index < -0.39 is 5.82 Å². The number of fused-ring (bicyclic) bond motifs is 2. The van der Waals surface area contributed by atoms with Gasteiger partial charge in [-0.05, 0) is 32.9 Å². The fourth-order valence-electron chi connectivity index (χ4n) is 4.65. The Hall–Kier alpha value is -3.64. The molecule has 2 atom stereocenters. The molecule has 4 heterocycles. The van der Waals surface area contributed by atoms with Gasteiger partial charge in [-0.3, -0.25) is 4.68 Å². The molecule has 8 nitrogen and oxygen atoms in total. The number of imidazole rings is 1. The Morgan fingerprint density at radius 3 is 2.66 bits per heavy atom. The van der Waals surface area contributed by atoms with Gasteiger partial charge < -0.3 is 19.9 Å². The maximum Gasteiger partial charge on any atom is 0.173 e. The SMILES string of the molecule is Cc1cn2cc(Nc3nn(C)c4cc(N5C[C@@H](C)N[C@@H](C)C5)cc(C#N)c34)cc(F)c2n1. The first-order valence-corrected chi connectivity index (χ1v) is 10.7. The third-order valence-corrected chi connectivity index (χ3v) is 5.87. The molecule has 1 fully saturated rings. The first kappa shape index (κ1) is 20.3. The Bertz CT molecular complexity index is 1370. The van der Waals surface area contributed by atoms with E-state index in [1.165, 1.54) is 6.07 Å². The average molecular weight is 433 g/mol. The van der Waals surface area contributed by atoms with Gasteiger partial charge in [0.2, 0.25) is 0 Å². The molecule has 32 heavy (non-hydrogen) atoms. The Labute approximate surface area is 185 Å². The molecule has 0 bridgehead atoms. The second kappa shape index (κ2) is 7.50. The normalized spacial score (nSPS) is 18.9. The van der Waals surface area contributed by atoms with Gasteiger partial charge in [-0.1, -0.05) is 0 Å². The van der Waals surface area contributed by atoms with Gasteiger partial charge in [-0.2, -0.15) is 10.4 Å². The number of rotatable bonds is 3. The molecule has 0 saturated carbocycles. The van der Waals surface area contributed by atoms with E-state index in [9.17, 15) is 9.65 Å². The fraction of sp³-hybridized carbons (Fsp3) is 0.348. The van der Waals surface area contributed by atoms with Crippen LogP contribution in [-0.4, -0.2) is 44.3 Å². The van der Waals surface area contributed by atoms with Gasteiger partial charge in [0.25, 0.3) is 0 Å². The molecule has 164 valence electrons. The van der Waals surface area contributed by atoms with Gasteiger partial charge in [0.1, 0.15) is 6.07 Å². The third-order valence-electron chi connectivity index (χ3n) is 5.87. The van der Waals surface area contributed by atoms with E-state index >= 15 is 0 Å². The van der Waals surface area contributed by atoms with Crippen molar-refractivity contribution < 1.29 is 4.39 Å². The summed E-state index contributed by atoms with van der Waals surface area (Å²) in [6.45, 7) is 7.88. The smallest absolute Gasteiger partial charge is 0.173 e. The minimum Gasteiger partial charge on any atom is -0.368 e. The van der Waals surface area contributed by atoms with E-state index in [1.807, 2.05) is 20.0 Å². The van der Waals surface area contributed by atoms with Crippen LogP contribution in [0.2, 0.25) is 0 Å². The highest BCUT2D eigenvalue weighted by atomic mass is 19.1. The van der Waals surface area contributed by atoms with E-state index in [4.69, 9.17) is 0 Å². The molecule has 0 spiro atoms. The number of hydrogen-bond donors (Lipinski definition) is 2. The van der Waals surface area contributed by atoms with E-state index in [-0.39, 0.29) is 5.65 Å². The Morgan fingerprint density at radius 2 is 1.94 bits per heavy atom. The molecule has 0 unspecified atom stereocenters. The number of pyridine rings is 1. The number of anilines is 3. The van der Waals surface area contributed by atoms with Gasteiger partial charge in [0, 0.05) is 56.4 Å². The number of nitrogens with zero attached hydrogens (tertiary/aromatic N) is 6. The highest BCUT2D eigenvalue weighted by Gasteiger charge is 2.23. The predicted molar refractivity (Wildman–Crippen MR) is 123 cm³/mol. The van der Waals surface area contributed by atoms with Gasteiger partial charge in [-0.25, -0.2) is 9.37 Å². The van der Waals surface area contributed by atoms with Gasteiger partial charge >= 0.3 is 0 Å². The van der Waals surface area contributed by atoms with E-state index in [0.29, 0.717) is 29.2 Å². The standard InChI is InChI=1S/C23H25FN8/c1-13-9-31(10-14(2)26-13)18-5-16(8-25)21-20(7-18)30(4)29-22(21)28-17-6-19(24)23-27-15(3)11-32(23)12-17/h5-7,11-14,26H,9-10H2,1-4H3,(H,28,29)/t13-,14+. The molecule has 5 rings (SSSR count). The van der Waals surface area contributed by atoms with E-state index in [0.717, 1.165) is 35.4 Å². The van der Waals surface area contributed by atoms with Crippen molar-refractivity contribution in [2.24, 2.45) is 7.05 Å². The zero-order chi connectivity index (χ0) is 22.6. The lowest BCUT2D eigenvalue weighted by Crippen LogP contribution is -2.54. The summed E-state index contributed by atoms with van der Waals surface area (Å²) in [5.41, 5.74) is 3.93. The summed E-state index contributed by atoms with van der Waals surface area (Å²) in [6, 6.07) is 8.44. The molecule has 1 aliphatic rings. The number of benzene rings is 1. The number of nitriles is 1. The van der Waals surface area contributed by atoms with Crippen molar-refractivity contribution in [3.8, 4) is 6.07 Å². The van der Waals surface area contributed by atoms with Crippen molar-refractivity contribution in [3.63, 3.8) is 0 Å². The molecule has 2 N–H and O–H groups in total. The van der Waals surface area contributed by atoms with Gasteiger partial charge in [0.15, 0.2) is 17.3 Å². The third kappa shape index (κ3) is 3.42. The molecule has 9 heteroatoms. The minimum absolute atomic E-state index is 0.278. The van der Waals surface area contributed by atoms with Crippen LogP contribution in [0.15, 0.2) is 30.6 Å². The predicted octanol–water partition coefficient (Wildman–Crippen LogP) is 3.47. The van der Waals surface area contributed by atoms with Crippen molar-refractivity contribution in [2.45, 2.75) is 32.9 Å². The summed E-state index contributed by atoms with van der Waals surface area (Å²) in [4.78, 5) is 6.50. The second-order valence-electron chi connectivity index (χ2n) is 8.66. The molecule has 0 amide bonds. The van der Waals surface area contributed by atoms with E-state index in [1.54, 1.807) is 21.5 Å². The number of aromatic nitrogens is 4. The van der Waals surface area contributed by atoms with Crippen LogP contribution >= 0.6 is 0 Å². The zero-order valence-corrected chi connectivity index (χ0v) is 18.5. The number of halogens is 1. The summed E-state index contributed by atoms with van der Waals surface area (Å²) in [7, 11) is 1.85. The summed E-state index contributed by atoms with van der Waals surface area (Å²) in [5.74, 6) is 0.0938. The molecule has 1 saturated heterocycles. The van der Waals surface area contributed by atoms with Gasteiger partial charge in [-0.15, -0.1) is 0 Å². The Balaban J connectivity index is 1.57. The van der Waals surface area contributed by atoms with Crippen LogP contribution in [0.3, 0.4) is 0 Å². The van der Waals surface area contributed by atoms with Crippen LogP contribution < -0.4 is 15.5 Å². The Kier molecular flexibility index (Phi) is 4.75. The molecule has 0 radical (unpaired) electrons. The second-order valence-corrected chi connectivity index (χ2v) is 8.66. The summed E-state index contributed by atoms with van der Waals surface area (Å²) in [6.07, 6.45) is 3.53. The molecule has 4 aromatic rings. The van der Waals surface area contributed by atoms with Crippen molar-refractivity contribution in [2.75, 3.05) is 23.3 Å². The van der Waals surface area contributed by atoms with Gasteiger partial charge in [0.05, 0.1) is 27.8 Å². The summed E-state index contributed by atoms with van der Waals surface area (Å²) < 4.78 is 17.9. The van der Waals surface area contributed by atoms with Crippen molar-refractivity contribution >= 4 is 33.7 Å².